The number of allylic oxidation sites excluding steroid dienone is 3. The molecule has 0 saturated heterocycles. The van der Waals surface area contributed by atoms with Gasteiger partial charge in [0.15, 0.2) is 12.4 Å². The van der Waals surface area contributed by atoms with Crippen LogP contribution in [-0.2, 0) is 11.3 Å². The Labute approximate surface area is 122 Å². The van der Waals surface area contributed by atoms with Crippen molar-refractivity contribution in [3.63, 3.8) is 0 Å². The molecule has 0 N–H and O–H groups in total. The van der Waals surface area contributed by atoms with Gasteiger partial charge in [-0.3, -0.25) is 4.99 Å². The van der Waals surface area contributed by atoms with E-state index < -0.39 is 0 Å². The maximum absolute atomic E-state index is 5.17. The average Bonchev–Trinajstić information content (AvgIpc) is 2.49. The topological polar surface area (TPSA) is 25.5 Å². The third kappa shape index (κ3) is 7.52. The lowest BCUT2D eigenvalue weighted by Gasteiger charge is -1.97. The number of hydrogen-bond donors (Lipinski definition) is 0. The molecule has 20 heavy (non-hydrogen) atoms. The van der Waals surface area contributed by atoms with Crippen LogP contribution in [0, 0.1) is 0 Å². The molecule has 0 bridgehead atoms. The van der Waals surface area contributed by atoms with Crippen LogP contribution in [-0.4, -0.2) is 19.9 Å². The third-order valence-electron chi connectivity index (χ3n) is 2.89. The van der Waals surface area contributed by atoms with Crippen LogP contribution in [0.1, 0.15) is 26.2 Å². The van der Waals surface area contributed by atoms with Crippen molar-refractivity contribution >= 4 is 6.21 Å². The molecule has 0 saturated carbocycles. The van der Waals surface area contributed by atoms with E-state index in [2.05, 4.69) is 34.1 Å². The van der Waals surface area contributed by atoms with E-state index in [1.807, 2.05) is 37.4 Å². The molecule has 1 aromatic rings. The molecule has 3 heteroatoms. The summed E-state index contributed by atoms with van der Waals surface area (Å²) >= 11 is 0. The minimum atomic E-state index is 0.830. The monoisotopic (exact) mass is 273 g/mol. The lowest BCUT2D eigenvalue weighted by Crippen LogP contribution is -2.32. The number of pyridine rings is 1. The Kier molecular flexibility index (Phi) is 8.86. The smallest absolute Gasteiger partial charge is 0.168 e. The summed E-state index contributed by atoms with van der Waals surface area (Å²) in [6, 6.07) is 6.17. The van der Waals surface area contributed by atoms with E-state index >= 15 is 0 Å². The Balaban J connectivity index is 2.10. The Morgan fingerprint density at radius 2 is 1.95 bits per heavy atom. The molecule has 0 radical (unpaired) electrons. The molecule has 0 atom stereocenters. The quantitative estimate of drug-likeness (QED) is 0.223. The molecule has 0 aromatic carbocycles. The summed E-state index contributed by atoms with van der Waals surface area (Å²) in [5, 5.41) is 0. The fourth-order valence-corrected chi connectivity index (χ4v) is 1.81. The van der Waals surface area contributed by atoms with E-state index in [9.17, 15) is 0 Å². The molecule has 1 aromatic heterocycles. The highest BCUT2D eigenvalue weighted by molar-refractivity contribution is 5.72. The zero-order valence-electron chi connectivity index (χ0n) is 12.5. The van der Waals surface area contributed by atoms with E-state index in [0.717, 1.165) is 25.3 Å². The number of nitrogens with zero attached hydrogens (tertiary/aromatic N) is 2. The molecule has 0 aliphatic heterocycles. The second-order valence-electron chi connectivity index (χ2n) is 4.50. The standard InChI is InChI=1S/C17H25N2O/c1-3-10-17(20-2)11-13-18-12-6-4-7-14-19-15-8-5-9-16-19/h3,5,8-11,13,15-16H,4,6-7,12,14H2,1-2H3/q+1/b10-3-,17-11+,18-13?. The third-order valence-corrected chi connectivity index (χ3v) is 2.89. The van der Waals surface area contributed by atoms with Gasteiger partial charge in [-0.2, -0.15) is 0 Å². The number of methoxy groups -OCH3 is 1. The molecular weight excluding hydrogens is 248 g/mol. The summed E-state index contributed by atoms with van der Waals surface area (Å²) in [6.45, 7) is 3.93. The van der Waals surface area contributed by atoms with Crippen LogP contribution < -0.4 is 4.57 Å². The SMILES string of the molecule is C/C=C\C(=C/C=NCCCCC[n+]1ccccc1)OC. The average molecular weight is 273 g/mol. The summed E-state index contributed by atoms with van der Waals surface area (Å²) in [5.41, 5.74) is 0. The first-order valence-electron chi connectivity index (χ1n) is 7.17. The maximum atomic E-state index is 5.17. The van der Waals surface area contributed by atoms with Gasteiger partial charge in [0, 0.05) is 31.3 Å². The van der Waals surface area contributed by atoms with Gasteiger partial charge in [0.2, 0.25) is 0 Å². The first-order valence-corrected chi connectivity index (χ1v) is 7.17. The summed E-state index contributed by atoms with van der Waals surface area (Å²) in [4.78, 5) is 4.36. The van der Waals surface area contributed by atoms with Gasteiger partial charge in [0.1, 0.15) is 12.3 Å². The maximum Gasteiger partial charge on any atom is 0.168 e. The van der Waals surface area contributed by atoms with Crippen molar-refractivity contribution in [1.82, 2.24) is 0 Å². The van der Waals surface area contributed by atoms with Crippen molar-refractivity contribution in [1.29, 1.82) is 0 Å². The lowest BCUT2D eigenvalue weighted by atomic mass is 10.2. The van der Waals surface area contributed by atoms with Crippen LogP contribution in [0.2, 0.25) is 0 Å². The van der Waals surface area contributed by atoms with Gasteiger partial charge >= 0.3 is 0 Å². The Morgan fingerprint density at radius 1 is 1.15 bits per heavy atom. The van der Waals surface area contributed by atoms with Crippen molar-refractivity contribution < 1.29 is 9.30 Å². The van der Waals surface area contributed by atoms with Crippen LogP contribution in [0.3, 0.4) is 0 Å². The van der Waals surface area contributed by atoms with E-state index in [1.54, 1.807) is 7.11 Å². The number of aliphatic imine (C=N–C) groups is 1. The van der Waals surface area contributed by atoms with Gasteiger partial charge in [-0.15, -0.1) is 0 Å². The highest BCUT2D eigenvalue weighted by atomic mass is 16.5. The fourth-order valence-electron chi connectivity index (χ4n) is 1.81. The number of hydrogen-bond acceptors (Lipinski definition) is 2. The predicted octanol–water partition coefficient (Wildman–Crippen LogP) is 3.32. The van der Waals surface area contributed by atoms with Crippen LogP contribution in [0.4, 0.5) is 0 Å². The van der Waals surface area contributed by atoms with Crippen molar-refractivity contribution in [2.45, 2.75) is 32.7 Å². The fraction of sp³-hybridized carbons (Fsp3) is 0.412. The summed E-state index contributed by atoms with van der Waals surface area (Å²) < 4.78 is 7.38. The Morgan fingerprint density at radius 3 is 2.65 bits per heavy atom. The Bertz CT molecular complexity index is 436. The highest BCUT2D eigenvalue weighted by Crippen LogP contribution is 1.97. The summed E-state index contributed by atoms with van der Waals surface area (Å²) in [5.74, 6) is 0.830. The second kappa shape index (κ2) is 11.0. The minimum absolute atomic E-state index is 0.830. The van der Waals surface area contributed by atoms with Gasteiger partial charge in [-0.05, 0) is 31.9 Å². The van der Waals surface area contributed by atoms with Crippen molar-refractivity contribution in [2.24, 2.45) is 4.99 Å². The Hall–Kier alpha value is -1.90. The number of aryl methyl sites for hydroxylation is 1. The molecule has 0 spiro atoms. The largest absolute Gasteiger partial charge is 0.497 e. The molecule has 0 aliphatic rings. The highest BCUT2D eigenvalue weighted by Gasteiger charge is 1.96. The lowest BCUT2D eigenvalue weighted by molar-refractivity contribution is -0.697. The van der Waals surface area contributed by atoms with Gasteiger partial charge in [-0.25, -0.2) is 4.57 Å². The van der Waals surface area contributed by atoms with Crippen molar-refractivity contribution in [2.75, 3.05) is 13.7 Å². The van der Waals surface area contributed by atoms with Gasteiger partial charge in [-0.1, -0.05) is 12.1 Å². The van der Waals surface area contributed by atoms with Crippen LogP contribution >= 0.6 is 0 Å². The normalized spacial score (nSPS) is 12.4. The number of aromatic nitrogens is 1. The second-order valence-corrected chi connectivity index (χ2v) is 4.50. The number of ether oxygens (including phenoxy) is 1. The van der Waals surface area contributed by atoms with Crippen LogP contribution in [0.25, 0.3) is 0 Å². The molecule has 1 heterocycles. The number of rotatable bonds is 9. The summed E-state index contributed by atoms with van der Waals surface area (Å²) in [6.07, 6.45) is 15.3. The molecule has 3 nitrogen and oxygen atoms in total. The van der Waals surface area contributed by atoms with Crippen LogP contribution in [0.15, 0.2) is 59.6 Å². The molecule has 0 unspecified atom stereocenters. The summed E-state index contributed by atoms with van der Waals surface area (Å²) in [7, 11) is 1.67. The predicted molar refractivity (Wildman–Crippen MR) is 83.8 cm³/mol. The molecule has 108 valence electrons. The molecule has 0 aliphatic carbocycles. The number of unbranched alkanes of at least 4 members (excludes halogenated alkanes) is 2. The van der Waals surface area contributed by atoms with E-state index in [-0.39, 0.29) is 0 Å². The van der Waals surface area contributed by atoms with Crippen molar-refractivity contribution in [3.05, 3.63) is 54.6 Å². The van der Waals surface area contributed by atoms with E-state index in [4.69, 9.17) is 4.74 Å². The van der Waals surface area contributed by atoms with E-state index in [0.29, 0.717) is 0 Å². The molecular formula is C17H25N2O+. The van der Waals surface area contributed by atoms with Gasteiger partial charge in [0.05, 0.1) is 7.11 Å². The zero-order chi connectivity index (χ0) is 14.5. The molecule has 0 amide bonds. The van der Waals surface area contributed by atoms with Crippen molar-refractivity contribution in [3.8, 4) is 0 Å². The van der Waals surface area contributed by atoms with Gasteiger partial charge < -0.3 is 4.74 Å². The zero-order valence-corrected chi connectivity index (χ0v) is 12.5. The first kappa shape index (κ1) is 16.2. The minimum Gasteiger partial charge on any atom is -0.497 e. The molecule has 1 rings (SSSR count). The van der Waals surface area contributed by atoms with E-state index in [1.165, 1.54) is 12.8 Å². The van der Waals surface area contributed by atoms with Gasteiger partial charge in [0.25, 0.3) is 0 Å². The van der Waals surface area contributed by atoms with Crippen LogP contribution in [0.5, 0.6) is 0 Å². The molecule has 0 fully saturated rings. The first-order chi connectivity index (χ1) is 9.86.